The van der Waals surface area contributed by atoms with Crippen molar-refractivity contribution in [2.45, 2.75) is 96.1 Å². The molecule has 228 valence electrons. The number of hydrogen-bond donors (Lipinski definition) is 3. The number of ether oxygens (including phenoxy) is 4. The Bertz CT molecular complexity index is 1350. The topological polar surface area (TPSA) is 166 Å². The molecular weight excluding hydrogens is 548 g/mol. The first-order valence-corrected chi connectivity index (χ1v) is 14.1. The lowest BCUT2D eigenvalue weighted by molar-refractivity contribution is -0.345. The quantitative estimate of drug-likeness (QED) is 0.267. The summed E-state index contributed by atoms with van der Waals surface area (Å²) in [5.41, 5.74) is -6.38. The summed E-state index contributed by atoms with van der Waals surface area (Å²) in [5.74, 6) is -4.41. The average Bonchev–Trinajstić information content (AvgIpc) is 2.90. The molecule has 0 aromatic heterocycles. The third-order valence-corrected chi connectivity index (χ3v) is 10.2. The van der Waals surface area contributed by atoms with Gasteiger partial charge in [-0.2, -0.15) is 0 Å². The maximum atomic E-state index is 14.8. The van der Waals surface area contributed by atoms with Gasteiger partial charge in [0.25, 0.3) is 0 Å². The van der Waals surface area contributed by atoms with Crippen LogP contribution in [0.2, 0.25) is 0 Å². The smallest absolute Gasteiger partial charge is 0.338 e. The van der Waals surface area contributed by atoms with Crippen LogP contribution >= 0.6 is 0 Å². The van der Waals surface area contributed by atoms with Crippen LogP contribution in [0, 0.1) is 16.7 Å². The molecule has 1 aromatic rings. The van der Waals surface area contributed by atoms with Crippen LogP contribution in [-0.2, 0) is 33.3 Å². The van der Waals surface area contributed by atoms with Gasteiger partial charge in [-0.3, -0.25) is 14.4 Å². The standard InChI is InChI=1S/C31H38O11/c1-15-19(34)13-31(38)26(41-27(37)18-10-8-7-9-11-18)24-29(6,20(35)12-21-30(24,14-39-21)42-17(3)33)25(36)23(40-16(2)32)22(15)28(31,4)5/h7-11,19-21,23-24,26,34-35,38H,12-14H2,1-6H3/t19-,20+,21-,23-,24+,26-,29+,30+,31-/m0/s1. The van der Waals surface area contributed by atoms with Crippen molar-refractivity contribution in [1.29, 1.82) is 0 Å². The number of ketones is 1. The van der Waals surface area contributed by atoms with Crippen molar-refractivity contribution in [2.75, 3.05) is 6.61 Å². The van der Waals surface area contributed by atoms with Crippen molar-refractivity contribution < 1.29 is 53.4 Å². The minimum absolute atomic E-state index is 0.110. The lowest BCUT2D eigenvalue weighted by Gasteiger charge is -2.67. The van der Waals surface area contributed by atoms with Crippen molar-refractivity contribution >= 4 is 23.7 Å². The van der Waals surface area contributed by atoms with Gasteiger partial charge in [-0.05, 0) is 37.1 Å². The Morgan fingerprint density at radius 2 is 1.64 bits per heavy atom. The zero-order valence-electron chi connectivity index (χ0n) is 24.6. The van der Waals surface area contributed by atoms with E-state index in [0.717, 1.165) is 6.92 Å². The van der Waals surface area contributed by atoms with Crippen LogP contribution in [0.5, 0.6) is 0 Å². The number of aliphatic hydroxyl groups is 3. The Morgan fingerprint density at radius 3 is 2.19 bits per heavy atom. The monoisotopic (exact) mass is 586 g/mol. The molecule has 2 bridgehead atoms. The zero-order valence-corrected chi connectivity index (χ0v) is 24.6. The molecule has 3 aliphatic carbocycles. The first-order chi connectivity index (χ1) is 19.5. The second-order valence-electron chi connectivity index (χ2n) is 12.8. The summed E-state index contributed by atoms with van der Waals surface area (Å²) in [5, 5.41) is 35.8. The van der Waals surface area contributed by atoms with E-state index >= 15 is 0 Å². The number of carbonyl (C=O) groups excluding carboxylic acids is 4. The molecule has 1 aliphatic heterocycles. The molecule has 11 heteroatoms. The molecular formula is C31H38O11. The lowest BCUT2D eigenvalue weighted by Crippen LogP contribution is -2.81. The minimum atomic E-state index is -2.11. The Kier molecular flexibility index (Phi) is 7.20. The molecule has 9 atom stereocenters. The van der Waals surface area contributed by atoms with E-state index in [0.29, 0.717) is 5.57 Å². The first kappa shape index (κ1) is 30.3. The summed E-state index contributed by atoms with van der Waals surface area (Å²) >= 11 is 0. The number of fused-ring (bicyclic) bond motifs is 5. The van der Waals surface area contributed by atoms with Crippen molar-refractivity contribution in [1.82, 2.24) is 0 Å². The summed E-state index contributed by atoms with van der Waals surface area (Å²) < 4.78 is 23.5. The number of carbonyl (C=O) groups is 4. The minimum Gasteiger partial charge on any atom is -0.455 e. The highest BCUT2D eigenvalue weighted by atomic mass is 16.6. The van der Waals surface area contributed by atoms with Crippen LogP contribution in [0.1, 0.15) is 64.7 Å². The molecule has 1 saturated heterocycles. The Balaban J connectivity index is 1.84. The molecule has 3 N–H and O–H groups in total. The summed E-state index contributed by atoms with van der Waals surface area (Å²) in [7, 11) is 0. The van der Waals surface area contributed by atoms with Gasteiger partial charge in [0, 0.05) is 32.1 Å². The predicted molar refractivity (Wildman–Crippen MR) is 145 cm³/mol. The predicted octanol–water partition coefficient (Wildman–Crippen LogP) is 1.65. The largest absolute Gasteiger partial charge is 0.455 e. The van der Waals surface area contributed by atoms with Crippen molar-refractivity contribution in [3.63, 3.8) is 0 Å². The number of hydrogen-bond acceptors (Lipinski definition) is 11. The fourth-order valence-corrected chi connectivity index (χ4v) is 7.91. The molecule has 3 fully saturated rings. The first-order valence-electron chi connectivity index (χ1n) is 14.1. The molecule has 0 radical (unpaired) electrons. The molecule has 11 nitrogen and oxygen atoms in total. The molecule has 0 spiro atoms. The fraction of sp³-hybridized carbons (Fsp3) is 0.613. The van der Waals surface area contributed by atoms with Gasteiger partial charge in [0.15, 0.2) is 17.5 Å². The van der Waals surface area contributed by atoms with Gasteiger partial charge in [-0.15, -0.1) is 0 Å². The van der Waals surface area contributed by atoms with E-state index < -0.39 is 82.2 Å². The van der Waals surface area contributed by atoms with E-state index in [1.54, 1.807) is 39.0 Å². The third-order valence-electron chi connectivity index (χ3n) is 10.2. The lowest BCUT2D eigenvalue weighted by atomic mass is 9.44. The highest BCUT2D eigenvalue weighted by Crippen LogP contribution is 2.64. The average molecular weight is 587 g/mol. The van der Waals surface area contributed by atoms with Gasteiger partial charge < -0.3 is 34.3 Å². The van der Waals surface area contributed by atoms with Gasteiger partial charge in [0.2, 0.25) is 0 Å². The zero-order chi connectivity index (χ0) is 31.0. The van der Waals surface area contributed by atoms with Crippen LogP contribution in [0.15, 0.2) is 41.5 Å². The normalized spacial score (nSPS) is 40.4. The summed E-state index contributed by atoms with van der Waals surface area (Å²) in [6.07, 6.45) is -7.27. The highest BCUT2D eigenvalue weighted by molar-refractivity contribution is 5.95. The van der Waals surface area contributed by atoms with Gasteiger partial charge >= 0.3 is 17.9 Å². The molecule has 4 aliphatic rings. The van der Waals surface area contributed by atoms with Crippen molar-refractivity contribution in [3.05, 3.63) is 47.0 Å². The van der Waals surface area contributed by atoms with Gasteiger partial charge in [-0.25, -0.2) is 4.79 Å². The molecule has 2 saturated carbocycles. The van der Waals surface area contributed by atoms with E-state index in [9.17, 15) is 34.5 Å². The molecule has 0 amide bonds. The van der Waals surface area contributed by atoms with E-state index in [1.807, 2.05) is 0 Å². The van der Waals surface area contributed by atoms with Crippen LogP contribution in [0.4, 0.5) is 0 Å². The van der Waals surface area contributed by atoms with Crippen LogP contribution in [0.3, 0.4) is 0 Å². The molecule has 5 rings (SSSR count). The Morgan fingerprint density at radius 1 is 1.00 bits per heavy atom. The molecule has 0 unspecified atom stereocenters. The second-order valence-corrected chi connectivity index (χ2v) is 12.8. The van der Waals surface area contributed by atoms with E-state index in [4.69, 9.17) is 18.9 Å². The maximum Gasteiger partial charge on any atom is 0.338 e. The summed E-state index contributed by atoms with van der Waals surface area (Å²) in [6.45, 7) is 8.42. The number of esters is 3. The molecule has 1 aromatic carbocycles. The summed E-state index contributed by atoms with van der Waals surface area (Å²) in [4.78, 5) is 53.4. The SMILES string of the molecule is CC(=O)O[C@@H]1C(=O)[C@]2(C)[C@H](O)C[C@@H]3OC[C@]3(OC(C)=O)[C@@H]2[C@H](OC(=O)c2ccccc2)[C@@]2(O)C[C@H](O)C(C)=C1C2(C)C. The van der Waals surface area contributed by atoms with E-state index in [-0.39, 0.29) is 30.6 Å². The second kappa shape index (κ2) is 9.97. The van der Waals surface area contributed by atoms with Crippen LogP contribution in [0.25, 0.3) is 0 Å². The van der Waals surface area contributed by atoms with Gasteiger partial charge in [0.1, 0.15) is 17.8 Å². The Hall–Kier alpha value is -3.12. The highest BCUT2D eigenvalue weighted by Gasteiger charge is 2.78. The maximum absolute atomic E-state index is 14.8. The van der Waals surface area contributed by atoms with Gasteiger partial charge in [0.05, 0.1) is 35.7 Å². The summed E-state index contributed by atoms with van der Waals surface area (Å²) in [6, 6.07) is 8.05. The van der Waals surface area contributed by atoms with E-state index in [2.05, 4.69) is 0 Å². The van der Waals surface area contributed by atoms with Crippen LogP contribution in [-0.4, -0.2) is 87.3 Å². The number of Topliss-reactive ketones (excluding diaryl/α,β-unsaturated/α-hetero) is 1. The number of benzene rings is 1. The number of rotatable bonds is 4. The van der Waals surface area contributed by atoms with Gasteiger partial charge in [-0.1, -0.05) is 32.0 Å². The molecule has 1 heterocycles. The van der Waals surface area contributed by atoms with E-state index in [1.165, 1.54) is 26.0 Å². The van der Waals surface area contributed by atoms with Crippen LogP contribution < -0.4 is 0 Å². The third kappa shape index (κ3) is 4.08. The fourth-order valence-electron chi connectivity index (χ4n) is 7.91. The van der Waals surface area contributed by atoms with Crippen molar-refractivity contribution in [2.24, 2.45) is 16.7 Å². The number of aliphatic hydroxyl groups excluding tert-OH is 2. The van der Waals surface area contributed by atoms with Crippen molar-refractivity contribution in [3.8, 4) is 0 Å². The molecule has 42 heavy (non-hydrogen) atoms. The Labute approximate surface area is 243 Å².